The van der Waals surface area contributed by atoms with Crippen molar-refractivity contribution in [2.24, 2.45) is 5.92 Å². The maximum atomic E-state index is 13.8. The Morgan fingerprint density at radius 2 is 1.78 bits per heavy atom. The molecule has 2 aromatic rings. The van der Waals surface area contributed by atoms with Crippen LogP contribution in [-0.2, 0) is 0 Å². The first-order valence-electron chi connectivity index (χ1n) is 7.61. The van der Waals surface area contributed by atoms with E-state index in [1.165, 1.54) is 6.20 Å². The zero-order valence-corrected chi connectivity index (χ0v) is 16.2. The third kappa shape index (κ3) is 4.18. The normalized spacial score (nSPS) is 12.6. The van der Waals surface area contributed by atoms with Crippen molar-refractivity contribution in [3.63, 3.8) is 0 Å². The summed E-state index contributed by atoms with van der Waals surface area (Å²) in [6.45, 7) is 4.83. The first-order chi connectivity index (χ1) is 11.0. The Labute approximate surface area is 151 Å². The monoisotopic (exact) mass is 450 g/mol. The summed E-state index contributed by atoms with van der Waals surface area (Å²) in [5, 5.41) is 0. The molecule has 23 heavy (non-hydrogen) atoms. The molecule has 2 rings (SSSR count). The van der Waals surface area contributed by atoms with Crippen LogP contribution in [0.2, 0.25) is 0 Å². The molecule has 1 heterocycles. The Kier molecular flexibility index (Phi) is 6.71. The Bertz CT molecular complexity index is 698. The molecule has 7 heteroatoms. The van der Waals surface area contributed by atoms with Crippen LogP contribution < -0.4 is 4.74 Å². The lowest BCUT2D eigenvalue weighted by Gasteiger charge is -2.15. The molecule has 0 radical (unpaired) electrons. The number of benzene rings is 1. The molecule has 0 aliphatic heterocycles. The molecule has 0 saturated carbocycles. The van der Waals surface area contributed by atoms with Gasteiger partial charge < -0.3 is 4.74 Å². The summed E-state index contributed by atoms with van der Waals surface area (Å²) in [7, 11) is 0. The minimum absolute atomic E-state index is 0.0402. The lowest BCUT2D eigenvalue weighted by atomic mass is 10.0. The first kappa shape index (κ1) is 18.5. The van der Waals surface area contributed by atoms with Gasteiger partial charge in [0.25, 0.3) is 0 Å². The fourth-order valence-corrected chi connectivity index (χ4v) is 3.17. The van der Waals surface area contributed by atoms with Gasteiger partial charge in [0.05, 0.1) is 21.7 Å². The van der Waals surface area contributed by atoms with Crippen LogP contribution in [0.5, 0.6) is 5.88 Å². The molecule has 1 atom stereocenters. The predicted molar refractivity (Wildman–Crippen MR) is 93.7 cm³/mol. The zero-order valence-electron chi connectivity index (χ0n) is 13.0. The zero-order chi connectivity index (χ0) is 17.0. The maximum absolute atomic E-state index is 13.8. The highest BCUT2D eigenvalue weighted by Gasteiger charge is 2.19. The van der Waals surface area contributed by atoms with Crippen LogP contribution in [0, 0.1) is 17.6 Å². The molecular formula is C16H18Br2F2N2O. The standard InChI is InChI=1S/C16H18Br2F2N2O/c1-3-5-6-9(4-2)8-23-10-7-21-15-11(17)13(19)14(20)12(18)16(15)22-10/h7,9H,3-6,8H2,1-2H3. The van der Waals surface area contributed by atoms with Crippen LogP contribution in [0.25, 0.3) is 11.0 Å². The number of ether oxygens (including phenoxy) is 1. The van der Waals surface area contributed by atoms with Gasteiger partial charge >= 0.3 is 0 Å². The Hall–Kier alpha value is -0.820. The van der Waals surface area contributed by atoms with Crippen LogP contribution in [0.3, 0.4) is 0 Å². The summed E-state index contributed by atoms with van der Waals surface area (Å²) in [6.07, 6.45) is 5.87. The van der Waals surface area contributed by atoms with Gasteiger partial charge in [-0.25, -0.2) is 18.7 Å². The summed E-state index contributed by atoms with van der Waals surface area (Å²) >= 11 is 6.05. The molecule has 0 amide bonds. The molecule has 0 bridgehead atoms. The average Bonchev–Trinajstić information content (AvgIpc) is 2.58. The molecule has 0 aliphatic rings. The van der Waals surface area contributed by atoms with Crippen molar-refractivity contribution >= 4 is 42.9 Å². The number of aromatic nitrogens is 2. The van der Waals surface area contributed by atoms with Crippen LogP contribution in [0.15, 0.2) is 15.1 Å². The Morgan fingerprint density at radius 1 is 1.13 bits per heavy atom. The van der Waals surface area contributed by atoms with E-state index >= 15 is 0 Å². The second kappa shape index (κ2) is 8.33. The molecule has 1 unspecified atom stereocenters. The van der Waals surface area contributed by atoms with Crippen molar-refractivity contribution in [3.05, 3.63) is 26.8 Å². The minimum Gasteiger partial charge on any atom is -0.476 e. The van der Waals surface area contributed by atoms with E-state index < -0.39 is 11.6 Å². The number of hydrogen-bond donors (Lipinski definition) is 0. The van der Waals surface area contributed by atoms with Crippen molar-refractivity contribution in [1.82, 2.24) is 9.97 Å². The number of nitrogens with zero attached hydrogens (tertiary/aromatic N) is 2. The average molecular weight is 452 g/mol. The van der Waals surface area contributed by atoms with E-state index in [0.717, 1.165) is 25.7 Å². The van der Waals surface area contributed by atoms with E-state index in [0.29, 0.717) is 18.4 Å². The van der Waals surface area contributed by atoms with E-state index in [-0.39, 0.29) is 20.0 Å². The highest BCUT2D eigenvalue weighted by Crippen LogP contribution is 2.34. The molecule has 0 saturated heterocycles. The van der Waals surface area contributed by atoms with Crippen molar-refractivity contribution < 1.29 is 13.5 Å². The topological polar surface area (TPSA) is 35.0 Å². The van der Waals surface area contributed by atoms with Crippen molar-refractivity contribution in [3.8, 4) is 5.88 Å². The van der Waals surface area contributed by atoms with Gasteiger partial charge in [-0.3, -0.25) is 0 Å². The molecule has 1 aromatic heterocycles. The van der Waals surface area contributed by atoms with E-state index in [9.17, 15) is 8.78 Å². The van der Waals surface area contributed by atoms with Gasteiger partial charge in [0.15, 0.2) is 11.6 Å². The summed E-state index contributed by atoms with van der Waals surface area (Å²) in [5.74, 6) is -1.22. The Morgan fingerprint density at radius 3 is 2.39 bits per heavy atom. The molecule has 0 spiro atoms. The largest absolute Gasteiger partial charge is 0.476 e. The number of fused-ring (bicyclic) bond motifs is 1. The van der Waals surface area contributed by atoms with Gasteiger partial charge in [0, 0.05) is 0 Å². The number of rotatable bonds is 7. The third-order valence-corrected chi connectivity index (χ3v) is 5.20. The quantitative estimate of drug-likeness (QED) is 0.380. The number of hydrogen-bond acceptors (Lipinski definition) is 3. The second-order valence-corrected chi connectivity index (χ2v) is 6.97. The summed E-state index contributed by atoms with van der Waals surface area (Å²) < 4.78 is 33.1. The third-order valence-electron chi connectivity index (χ3n) is 3.75. The summed E-state index contributed by atoms with van der Waals surface area (Å²) in [4.78, 5) is 8.39. The van der Waals surface area contributed by atoms with Crippen LogP contribution in [0.4, 0.5) is 8.78 Å². The van der Waals surface area contributed by atoms with Gasteiger partial charge in [0.1, 0.15) is 11.0 Å². The Balaban J connectivity index is 2.23. The summed E-state index contributed by atoms with van der Waals surface area (Å²) in [5.41, 5.74) is 0.482. The van der Waals surface area contributed by atoms with E-state index in [1.54, 1.807) is 0 Å². The van der Waals surface area contributed by atoms with Crippen molar-refractivity contribution in [1.29, 1.82) is 0 Å². The van der Waals surface area contributed by atoms with Gasteiger partial charge in [-0.05, 0) is 44.2 Å². The molecular weight excluding hydrogens is 434 g/mol. The second-order valence-electron chi connectivity index (χ2n) is 5.39. The maximum Gasteiger partial charge on any atom is 0.232 e. The fraction of sp³-hybridized carbons (Fsp3) is 0.500. The molecule has 0 N–H and O–H groups in total. The summed E-state index contributed by atoms with van der Waals surface area (Å²) in [6, 6.07) is 0. The van der Waals surface area contributed by atoms with Crippen molar-refractivity contribution in [2.45, 2.75) is 39.5 Å². The van der Waals surface area contributed by atoms with E-state index in [4.69, 9.17) is 4.74 Å². The predicted octanol–water partition coefficient (Wildman–Crippen LogP) is 6.03. The lowest BCUT2D eigenvalue weighted by molar-refractivity contribution is 0.226. The van der Waals surface area contributed by atoms with Gasteiger partial charge in [-0.1, -0.05) is 33.1 Å². The minimum atomic E-state index is -0.995. The first-order valence-corrected chi connectivity index (χ1v) is 9.19. The molecule has 3 nitrogen and oxygen atoms in total. The lowest BCUT2D eigenvalue weighted by Crippen LogP contribution is -2.12. The fourth-order valence-electron chi connectivity index (χ4n) is 2.26. The molecule has 126 valence electrons. The highest BCUT2D eigenvalue weighted by atomic mass is 79.9. The number of halogens is 4. The van der Waals surface area contributed by atoms with Crippen LogP contribution in [-0.4, -0.2) is 16.6 Å². The molecule has 0 aliphatic carbocycles. The number of unbranched alkanes of at least 4 members (excludes halogenated alkanes) is 1. The smallest absolute Gasteiger partial charge is 0.232 e. The van der Waals surface area contributed by atoms with Gasteiger partial charge in [-0.2, -0.15) is 0 Å². The highest BCUT2D eigenvalue weighted by molar-refractivity contribution is 9.11. The van der Waals surface area contributed by atoms with Gasteiger partial charge in [-0.15, -0.1) is 0 Å². The van der Waals surface area contributed by atoms with Gasteiger partial charge in [0.2, 0.25) is 5.88 Å². The molecule has 1 aromatic carbocycles. The SMILES string of the molecule is CCCCC(CC)COc1cnc2c(Br)c(F)c(F)c(Br)c2n1. The van der Waals surface area contributed by atoms with Crippen LogP contribution in [0.1, 0.15) is 39.5 Å². The molecule has 0 fully saturated rings. The van der Waals surface area contributed by atoms with Crippen LogP contribution >= 0.6 is 31.9 Å². The van der Waals surface area contributed by atoms with E-state index in [1.807, 2.05) is 0 Å². The van der Waals surface area contributed by atoms with Crippen molar-refractivity contribution in [2.75, 3.05) is 6.61 Å². The van der Waals surface area contributed by atoms with E-state index in [2.05, 4.69) is 55.7 Å².